The van der Waals surface area contributed by atoms with Crippen molar-refractivity contribution in [3.05, 3.63) is 35.5 Å². The second-order valence-corrected chi connectivity index (χ2v) is 9.17. The fourth-order valence-corrected chi connectivity index (χ4v) is 4.89. The van der Waals surface area contributed by atoms with Gasteiger partial charge in [0.1, 0.15) is 11.6 Å². The first kappa shape index (κ1) is 23.9. The summed E-state index contributed by atoms with van der Waals surface area (Å²) in [5, 5.41) is 15.2. The molecule has 5 rings (SSSR count). The molecule has 0 bridgehead atoms. The van der Waals surface area contributed by atoms with Gasteiger partial charge in [0.05, 0.1) is 17.4 Å². The normalized spacial score (nSPS) is 20.7. The Morgan fingerprint density at radius 3 is 2.56 bits per heavy atom. The maximum Gasteiger partial charge on any atom is 0.224 e. The highest BCUT2D eigenvalue weighted by Crippen LogP contribution is 2.37. The molecule has 1 aromatic carbocycles. The molecule has 1 amide bonds. The predicted molar refractivity (Wildman–Crippen MR) is 127 cm³/mol. The monoisotopic (exact) mass is 496 g/mol. The molecular weight excluding hydrogens is 470 g/mol. The van der Waals surface area contributed by atoms with Crippen molar-refractivity contribution in [2.24, 2.45) is 11.7 Å². The highest BCUT2D eigenvalue weighted by Gasteiger charge is 2.29. The topological polar surface area (TPSA) is 144 Å². The number of carbonyl (C=O) groups excluding carboxylic acids is 1. The number of nitrogens with two attached hydrogens (primary N) is 1. The number of nitrogens with one attached hydrogen (secondary N) is 2. The standard InChI is InChI=1S/C24H26F2N8O2/c25-19-14(11-27)3-6-17(20(19)26)31-24-32-18-12-29-23(30-15-7-9-36-10-8-15)33-22(18)34(24)16-4-1-13(2-5-16)21(28)35/h3,6,12-13,15-16H,1-2,4-5,7-10H2,(H2,28,35)(H,31,32)(H,29,30,33)/t13-,16+. The van der Waals surface area contributed by atoms with Crippen LogP contribution in [0.5, 0.6) is 0 Å². The lowest BCUT2D eigenvalue weighted by molar-refractivity contribution is -0.122. The van der Waals surface area contributed by atoms with Crippen molar-refractivity contribution >= 4 is 34.7 Å². The number of nitrogens with zero attached hydrogens (tertiary/aromatic N) is 5. The Hall–Kier alpha value is -3.85. The lowest BCUT2D eigenvalue weighted by atomic mass is 9.85. The number of hydrogen-bond acceptors (Lipinski definition) is 8. The molecule has 0 radical (unpaired) electrons. The number of aromatic nitrogens is 4. The van der Waals surface area contributed by atoms with Gasteiger partial charge < -0.3 is 21.1 Å². The summed E-state index contributed by atoms with van der Waals surface area (Å²) < 4.78 is 36.2. The molecule has 188 valence electrons. The molecule has 10 nitrogen and oxygen atoms in total. The largest absolute Gasteiger partial charge is 0.381 e. The summed E-state index contributed by atoms with van der Waals surface area (Å²) in [6, 6.07) is 4.23. The van der Waals surface area contributed by atoms with Crippen LogP contribution in [0.25, 0.3) is 11.2 Å². The van der Waals surface area contributed by atoms with Crippen molar-refractivity contribution < 1.29 is 18.3 Å². The van der Waals surface area contributed by atoms with Gasteiger partial charge in [-0.2, -0.15) is 10.2 Å². The van der Waals surface area contributed by atoms with E-state index in [9.17, 15) is 13.6 Å². The molecule has 3 heterocycles. The number of nitriles is 1. The third-order valence-corrected chi connectivity index (χ3v) is 6.90. The molecule has 36 heavy (non-hydrogen) atoms. The van der Waals surface area contributed by atoms with Crippen LogP contribution in [0.2, 0.25) is 0 Å². The van der Waals surface area contributed by atoms with E-state index in [-0.39, 0.29) is 41.1 Å². The van der Waals surface area contributed by atoms with E-state index in [1.807, 2.05) is 4.57 Å². The second-order valence-electron chi connectivity index (χ2n) is 9.17. The van der Waals surface area contributed by atoms with E-state index in [1.165, 1.54) is 12.1 Å². The van der Waals surface area contributed by atoms with Gasteiger partial charge in [0.2, 0.25) is 17.8 Å². The molecule has 1 aliphatic heterocycles. The van der Waals surface area contributed by atoms with Crippen molar-refractivity contribution in [3.63, 3.8) is 0 Å². The first-order chi connectivity index (χ1) is 17.4. The third kappa shape index (κ3) is 4.66. The minimum Gasteiger partial charge on any atom is -0.381 e. The van der Waals surface area contributed by atoms with E-state index < -0.39 is 11.6 Å². The number of primary amides is 1. The van der Waals surface area contributed by atoms with Gasteiger partial charge in [-0.15, -0.1) is 0 Å². The number of rotatable bonds is 6. The first-order valence-corrected chi connectivity index (χ1v) is 12.0. The van der Waals surface area contributed by atoms with E-state index in [1.54, 1.807) is 12.3 Å². The average Bonchev–Trinajstić information content (AvgIpc) is 3.24. The molecular formula is C24H26F2N8O2. The molecule has 12 heteroatoms. The summed E-state index contributed by atoms with van der Waals surface area (Å²) in [7, 11) is 0. The van der Waals surface area contributed by atoms with Crippen molar-refractivity contribution in [2.75, 3.05) is 23.8 Å². The quantitative estimate of drug-likeness (QED) is 0.470. The van der Waals surface area contributed by atoms with Gasteiger partial charge in [-0.05, 0) is 50.7 Å². The number of imidazole rings is 1. The molecule has 2 aromatic heterocycles. The van der Waals surface area contributed by atoms with Crippen LogP contribution in [0, 0.1) is 28.9 Å². The summed E-state index contributed by atoms with van der Waals surface area (Å²) in [6.45, 7) is 1.34. The zero-order valence-electron chi connectivity index (χ0n) is 19.5. The van der Waals surface area contributed by atoms with E-state index in [4.69, 9.17) is 20.7 Å². The zero-order chi connectivity index (χ0) is 25.2. The molecule has 2 aliphatic rings. The number of halogens is 2. The molecule has 1 saturated heterocycles. The van der Waals surface area contributed by atoms with E-state index in [0.29, 0.717) is 56.0 Å². The SMILES string of the molecule is N#Cc1ccc(Nc2nc3cnc(NC4CCOCC4)nc3n2[C@H]2CC[C@@H](C(N)=O)CC2)c(F)c1F. The van der Waals surface area contributed by atoms with E-state index in [2.05, 4.69) is 20.6 Å². The van der Waals surface area contributed by atoms with Crippen LogP contribution in [0.3, 0.4) is 0 Å². The van der Waals surface area contributed by atoms with Crippen LogP contribution in [0.1, 0.15) is 50.1 Å². The number of anilines is 3. The number of ether oxygens (including phenoxy) is 1. The van der Waals surface area contributed by atoms with Crippen LogP contribution >= 0.6 is 0 Å². The molecule has 3 aromatic rings. The van der Waals surface area contributed by atoms with Crippen LogP contribution in [0.15, 0.2) is 18.3 Å². The van der Waals surface area contributed by atoms with Crippen LogP contribution < -0.4 is 16.4 Å². The minimum absolute atomic E-state index is 0.0924. The van der Waals surface area contributed by atoms with Crippen LogP contribution in [-0.2, 0) is 9.53 Å². The number of hydrogen-bond donors (Lipinski definition) is 3. The zero-order valence-corrected chi connectivity index (χ0v) is 19.5. The van der Waals surface area contributed by atoms with Crippen molar-refractivity contribution in [2.45, 2.75) is 50.6 Å². The summed E-state index contributed by atoms with van der Waals surface area (Å²) in [4.78, 5) is 25.4. The summed E-state index contributed by atoms with van der Waals surface area (Å²) in [5.41, 5.74) is 6.00. The predicted octanol–water partition coefficient (Wildman–Crippen LogP) is 3.53. The molecule has 1 aliphatic carbocycles. The minimum atomic E-state index is -1.23. The van der Waals surface area contributed by atoms with Gasteiger partial charge in [-0.3, -0.25) is 9.36 Å². The second kappa shape index (κ2) is 10.0. The van der Waals surface area contributed by atoms with Gasteiger partial charge in [0.15, 0.2) is 17.3 Å². The summed E-state index contributed by atoms with van der Waals surface area (Å²) in [5.74, 6) is -2.19. The van der Waals surface area contributed by atoms with Crippen LogP contribution in [0.4, 0.5) is 26.4 Å². The number of amides is 1. The van der Waals surface area contributed by atoms with Gasteiger partial charge >= 0.3 is 0 Å². The van der Waals surface area contributed by atoms with Crippen LogP contribution in [-0.4, -0.2) is 44.7 Å². The average molecular weight is 497 g/mol. The summed E-state index contributed by atoms with van der Waals surface area (Å²) >= 11 is 0. The van der Waals surface area contributed by atoms with Crippen molar-refractivity contribution in [1.29, 1.82) is 5.26 Å². The molecule has 1 saturated carbocycles. The Balaban J connectivity index is 1.52. The van der Waals surface area contributed by atoms with Crippen molar-refractivity contribution in [1.82, 2.24) is 19.5 Å². The summed E-state index contributed by atoms with van der Waals surface area (Å²) in [6.07, 6.45) is 5.78. The molecule has 0 spiro atoms. The molecule has 0 atom stereocenters. The number of carbonyl (C=O) groups is 1. The Bertz CT molecular complexity index is 1320. The smallest absolute Gasteiger partial charge is 0.224 e. The number of fused-ring (bicyclic) bond motifs is 1. The lowest BCUT2D eigenvalue weighted by Gasteiger charge is -2.29. The third-order valence-electron chi connectivity index (χ3n) is 6.90. The fourth-order valence-electron chi connectivity index (χ4n) is 4.89. The first-order valence-electron chi connectivity index (χ1n) is 12.0. The highest BCUT2D eigenvalue weighted by atomic mass is 19.2. The Morgan fingerprint density at radius 1 is 1.11 bits per heavy atom. The fraction of sp³-hybridized carbons (Fsp3) is 0.458. The Kier molecular flexibility index (Phi) is 6.65. The number of benzene rings is 1. The van der Waals surface area contributed by atoms with Crippen molar-refractivity contribution in [3.8, 4) is 6.07 Å². The van der Waals surface area contributed by atoms with Gasteiger partial charge in [0, 0.05) is 31.2 Å². The molecule has 2 fully saturated rings. The van der Waals surface area contributed by atoms with Gasteiger partial charge in [-0.25, -0.2) is 18.7 Å². The molecule has 4 N–H and O–H groups in total. The van der Waals surface area contributed by atoms with Gasteiger partial charge in [-0.1, -0.05) is 0 Å². The lowest BCUT2D eigenvalue weighted by Crippen LogP contribution is -2.29. The highest BCUT2D eigenvalue weighted by molar-refractivity contribution is 5.78. The van der Waals surface area contributed by atoms with Gasteiger partial charge in [0.25, 0.3) is 0 Å². The maximum atomic E-state index is 14.7. The van der Waals surface area contributed by atoms with E-state index >= 15 is 0 Å². The van der Waals surface area contributed by atoms with E-state index in [0.717, 1.165) is 12.8 Å². The Morgan fingerprint density at radius 2 is 1.86 bits per heavy atom. The maximum absolute atomic E-state index is 14.7. The molecule has 0 unspecified atom stereocenters. The Labute approximate surface area is 205 Å².